The Bertz CT molecular complexity index is 642. The number of nitrogens with zero attached hydrogens (tertiary/aromatic N) is 2. The van der Waals surface area contributed by atoms with Gasteiger partial charge < -0.3 is 14.3 Å². The number of aldehydes is 1. The van der Waals surface area contributed by atoms with Crippen LogP contribution in [0.15, 0.2) is 18.2 Å². The van der Waals surface area contributed by atoms with E-state index in [0.29, 0.717) is 0 Å². The molecule has 1 aliphatic heterocycles. The van der Waals surface area contributed by atoms with E-state index in [2.05, 4.69) is 41.6 Å². The Morgan fingerprint density at radius 2 is 2.16 bits per heavy atom. The lowest BCUT2D eigenvalue weighted by molar-refractivity contribution is -0.110. The van der Waals surface area contributed by atoms with Crippen LogP contribution in [0.5, 0.6) is 0 Å². The van der Waals surface area contributed by atoms with Gasteiger partial charge in [-0.3, -0.25) is 0 Å². The van der Waals surface area contributed by atoms with Gasteiger partial charge in [-0.25, -0.2) is 0 Å². The molecule has 0 fully saturated rings. The lowest BCUT2D eigenvalue weighted by Crippen LogP contribution is -2.28. The van der Waals surface area contributed by atoms with Gasteiger partial charge in [-0.05, 0) is 38.6 Å². The molecule has 2 aromatic rings. The summed E-state index contributed by atoms with van der Waals surface area (Å²) in [6, 6.07) is 6.45. The fraction of sp³-hybridized carbons (Fsp3) is 0.438. The van der Waals surface area contributed by atoms with Gasteiger partial charge in [-0.2, -0.15) is 0 Å². The summed E-state index contributed by atoms with van der Waals surface area (Å²) in [4.78, 5) is 13.6. The minimum absolute atomic E-state index is 0.0858. The van der Waals surface area contributed by atoms with Gasteiger partial charge in [0.2, 0.25) is 0 Å². The number of rotatable bonds is 2. The predicted molar refractivity (Wildman–Crippen MR) is 77.5 cm³/mol. The summed E-state index contributed by atoms with van der Waals surface area (Å²) in [6.07, 6.45) is 2.07. The highest BCUT2D eigenvalue weighted by atomic mass is 16.1. The molecule has 0 radical (unpaired) electrons. The maximum Gasteiger partial charge on any atom is 0.142 e. The van der Waals surface area contributed by atoms with Gasteiger partial charge in [-0.1, -0.05) is 11.6 Å². The average molecular weight is 256 g/mol. The number of likely N-dealkylation sites (N-methyl/N-ethyl adjacent to an activating group) is 1. The monoisotopic (exact) mass is 256 g/mol. The normalized spacial score (nSPS) is 17.4. The Kier molecular flexibility index (Phi) is 2.94. The second-order valence-electron chi connectivity index (χ2n) is 5.68. The van der Waals surface area contributed by atoms with Crippen molar-refractivity contribution in [3.8, 4) is 0 Å². The topological polar surface area (TPSA) is 25.2 Å². The van der Waals surface area contributed by atoms with Crippen molar-refractivity contribution in [1.29, 1.82) is 0 Å². The van der Waals surface area contributed by atoms with Crippen LogP contribution >= 0.6 is 0 Å². The Labute approximate surface area is 113 Å². The van der Waals surface area contributed by atoms with Crippen LogP contribution in [0.3, 0.4) is 0 Å². The van der Waals surface area contributed by atoms with Crippen LogP contribution in [-0.4, -0.2) is 29.3 Å². The Morgan fingerprint density at radius 3 is 2.89 bits per heavy atom. The highest BCUT2D eigenvalue weighted by Gasteiger charge is 2.24. The second kappa shape index (κ2) is 4.49. The van der Waals surface area contributed by atoms with Crippen LogP contribution < -0.4 is 0 Å². The van der Waals surface area contributed by atoms with Gasteiger partial charge in [0.15, 0.2) is 0 Å². The van der Waals surface area contributed by atoms with Gasteiger partial charge in [0.25, 0.3) is 0 Å². The number of carbonyl (C=O) groups is 1. The first-order valence-electron chi connectivity index (χ1n) is 6.88. The van der Waals surface area contributed by atoms with Crippen molar-refractivity contribution in [2.75, 3.05) is 13.6 Å². The van der Waals surface area contributed by atoms with Crippen molar-refractivity contribution in [2.45, 2.75) is 32.9 Å². The molecule has 19 heavy (non-hydrogen) atoms. The van der Waals surface area contributed by atoms with E-state index < -0.39 is 0 Å². The molecule has 1 aromatic heterocycles. The first-order valence-corrected chi connectivity index (χ1v) is 6.88. The molecule has 3 heteroatoms. The van der Waals surface area contributed by atoms with E-state index in [9.17, 15) is 4.79 Å². The van der Waals surface area contributed by atoms with Crippen LogP contribution in [-0.2, 0) is 17.8 Å². The van der Waals surface area contributed by atoms with Crippen LogP contribution in [0, 0.1) is 6.92 Å². The van der Waals surface area contributed by atoms with E-state index in [1.807, 2.05) is 6.92 Å². The lowest BCUT2D eigenvalue weighted by Gasteiger charge is -2.25. The lowest BCUT2D eigenvalue weighted by atomic mass is 10.0. The molecule has 1 atom stereocenters. The zero-order valence-electron chi connectivity index (χ0n) is 11.8. The number of carbonyl (C=O) groups excluding carboxylic acids is 1. The quantitative estimate of drug-likeness (QED) is 0.772. The molecule has 3 rings (SSSR count). The second-order valence-corrected chi connectivity index (χ2v) is 5.68. The fourth-order valence-electron chi connectivity index (χ4n) is 3.17. The Morgan fingerprint density at radius 1 is 1.37 bits per heavy atom. The third-order valence-corrected chi connectivity index (χ3v) is 4.14. The third-order valence-electron chi connectivity index (χ3n) is 4.14. The number of hydrogen-bond donors (Lipinski definition) is 0. The van der Waals surface area contributed by atoms with E-state index in [1.165, 1.54) is 27.7 Å². The van der Waals surface area contributed by atoms with Crippen LogP contribution in [0.1, 0.15) is 29.8 Å². The highest BCUT2D eigenvalue weighted by Crippen LogP contribution is 2.33. The van der Waals surface area contributed by atoms with Crippen molar-refractivity contribution in [3.05, 3.63) is 35.0 Å². The van der Waals surface area contributed by atoms with Gasteiger partial charge in [0.05, 0.1) is 6.04 Å². The molecular weight excluding hydrogens is 236 g/mol. The number of benzene rings is 1. The van der Waals surface area contributed by atoms with Gasteiger partial charge >= 0.3 is 0 Å². The summed E-state index contributed by atoms with van der Waals surface area (Å²) in [5.74, 6) is 0. The molecule has 100 valence electrons. The van der Waals surface area contributed by atoms with E-state index in [0.717, 1.165) is 25.8 Å². The van der Waals surface area contributed by atoms with E-state index in [1.54, 1.807) is 0 Å². The first kappa shape index (κ1) is 12.4. The first-order chi connectivity index (χ1) is 9.11. The largest absolute Gasteiger partial charge is 0.334 e. The molecule has 1 unspecified atom stereocenters. The summed E-state index contributed by atoms with van der Waals surface area (Å²) in [5.41, 5.74) is 5.23. The van der Waals surface area contributed by atoms with Crippen molar-refractivity contribution >= 4 is 17.2 Å². The van der Waals surface area contributed by atoms with E-state index >= 15 is 0 Å². The third kappa shape index (κ3) is 1.89. The minimum Gasteiger partial charge on any atom is -0.334 e. The maximum absolute atomic E-state index is 11.2. The maximum atomic E-state index is 11.2. The molecule has 3 nitrogen and oxygen atoms in total. The average Bonchev–Trinajstić information content (AvgIpc) is 2.71. The van der Waals surface area contributed by atoms with Crippen LogP contribution in [0.25, 0.3) is 10.9 Å². The molecule has 0 bridgehead atoms. The Balaban J connectivity index is 2.32. The molecule has 0 saturated heterocycles. The molecule has 0 saturated carbocycles. The number of aryl methyl sites for hydroxylation is 1. The summed E-state index contributed by atoms with van der Waals surface area (Å²) >= 11 is 0. The minimum atomic E-state index is -0.0858. The standard InChI is InChI=1S/C16H20N2O/c1-11-4-5-15-13(8-11)14-9-17(3)7-6-16(14)18(15)12(2)10-19/h4-5,8,10,12H,6-7,9H2,1-3H3. The molecule has 0 amide bonds. The highest BCUT2D eigenvalue weighted by molar-refractivity contribution is 5.87. The molecular formula is C16H20N2O. The predicted octanol–water partition coefficient (Wildman–Crippen LogP) is 2.70. The smallest absolute Gasteiger partial charge is 0.142 e. The van der Waals surface area contributed by atoms with Crippen molar-refractivity contribution in [1.82, 2.24) is 9.47 Å². The number of fused-ring (bicyclic) bond motifs is 3. The Hall–Kier alpha value is -1.61. The zero-order chi connectivity index (χ0) is 13.6. The molecule has 0 spiro atoms. The van der Waals surface area contributed by atoms with E-state index in [4.69, 9.17) is 0 Å². The molecule has 0 aliphatic carbocycles. The van der Waals surface area contributed by atoms with Crippen LogP contribution in [0.4, 0.5) is 0 Å². The van der Waals surface area contributed by atoms with Crippen LogP contribution in [0.2, 0.25) is 0 Å². The molecule has 1 aliphatic rings. The summed E-state index contributed by atoms with van der Waals surface area (Å²) in [5, 5.41) is 1.32. The fourth-order valence-corrected chi connectivity index (χ4v) is 3.17. The number of aromatic nitrogens is 1. The molecule has 2 heterocycles. The SMILES string of the molecule is Cc1ccc2c(c1)c1c(n2C(C)C=O)CCN(C)C1. The summed E-state index contributed by atoms with van der Waals surface area (Å²) < 4.78 is 2.23. The van der Waals surface area contributed by atoms with Crippen molar-refractivity contribution < 1.29 is 4.79 Å². The summed E-state index contributed by atoms with van der Waals surface area (Å²) in [7, 11) is 2.16. The van der Waals surface area contributed by atoms with E-state index in [-0.39, 0.29) is 6.04 Å². The van der Waals surface area contributed by atoms with Gasteiger partial charge in [-0.15, -0.1) is 0 Å². The van der Waals surface area contributed by atoms with Gasteiger partial charge in [0.1, 0.15) is 6.29 Å². The molecule has 1 aromatic carbocycles. The zero-order valence-corrected chi connectivity index (χ0v) is 11.8. The number of hydrogen-bond acceptors (Lipinski definition) is 2. The van der Waals surface area contributed by atoms with Crippen molar-refractivity contribution in [2.24, 2.45) is 0 Å². The van der Waals surface area contributed by atoms with Gasteiger partial charge in [0, 0.05) is 36.1 Å². The molecule has 0 N–H and O–H groups in total. The summed E-state index contributed by atoms with van der Waals surface area (Å²) in [6.45, 7) is 6.14. The van der Waals surface area contributed by atoms with Crippen molar-refractivity contribution in [3.63, 3.8) is 0 Å².